The third kappa shape index (κ3) is 6.10. The smallest absolute Gasteiger partial charge is 0.240 e. The maximum absolute atomic E-state index is 11.0. The van der Waals surface area contributed by atoms with Crippen molar-refractivity contribution in [3.8, 4) is 0 Å². The van der Waals surface area contributed by atoms with Crippen molar-refractivity contribution in [3.63, 3.8) is 0 Å². The molecule has 0 heterocycles. The molecule has 0 spiro atoms. The average molecular weight is 201 g/mol. The van der Waals surface area contributed by atoms with E-state index in [4.69, 9.17) is 12.2 Å². The van der Waals surface area contributed by atoms with Gasteiger partial charge in [-0.3, -0.25) is 15.6 Å². The standard InChI is InChI=1S/C8H15N3OS/c1-4-5-9-8(13)11-10-7(12)6(2)3/h4,6H,1,5H2,2-3H3,(H,10,12)(H2,9,11,13). The van der Waals surface area contributed by atoms with Crippen LogP contribution < -0.4 is 16.2 Å². The molecular weight excluding hydrogens is 186 g/mol. The number of hydrogen-bond acceptors (Lipinski definition) is 2. The SMILES string of the molecule is C=CCNC(=S)NNC(=O)C(C)C. The normalized spacial score (nSPS) is 9.15. The molecule has 0 fully saturated rings. The first-order valence-corrected chi connectivity index (χ1v) is 4.43. The summed E-state index contributed by atoms with van der Waals surface area (Å²) in [6, 6.07) is 0. The van der Waals surface area contributed by atoms with Crippen LogP contribution in [0.15, 0.2) is 12.7 Å². The minimum absolute atomic E-state index is 0.0605. The summed E-state index contributed by atoms with van der Waals surface area (Å²) in [4.78, 5) is 11.0. The summed E-state index contributed by atoms with van der Waals surface area (Å²) in [5, 5.41) is 3.20. The number of nitrogens with one attached hydrogen (secondary N) is 3. The van der Waals surface area contributed by atoms with Gasteiger partial charge in [0.2, 0.25) is 5.91 Å². The summed E-state index contributed by atoms with van der Waals surface area (Å²) in [6.07, 6.45) is 1.68. The van der Waals surface area contributed by atoms with Gasteiger partial charge >= 0.3 is 0 Å². The van der Waals surface area contributed by atoms with Crippen molar-refractivity contribution in [2.45, 2.75) is 13.8 Å². The van der Waals surface area contributed by atoms with Crippen molar-refractivity contribution >= 4 is 23.2 Å². The Morgan fingerprint density at radius 3 is 2.62 bits per heavy atom. The van der Waals surface area contributed by atoms with Gasteiger partial charge in [0.05, 0.1) is 0 Å². The Labute approximate surface area is 83.7 Å². The molecule has 0 aromatic carbocycles. The molecule has 0 saturated heterocycles. The molecule has 0 radical (unpaired) electrons. The average Bonchev–Trinajstić information content (AvgIpc) is 2.10. The summed E-state index contributed by atoms with van der Waals surface area (Å²) in [6.45, 7) is 7.70. The van der Waals surface area contributed by atoms with Crippen LogP contribution in [0.25, 0.3) is 0 Å². The first-order valence-electron chi connectivity index (χ1n) is 4.02. The second kappa shape index (κ2) is 6.42. The van der Waals surface area contributed by atoms with Gasteiger partial charge in [-0.15, -0.1) is 6.58 Å². The van der Waals surface area contributed by atoms with E-state index in [0.29, 0.717) is 11.7 Å². The third-order valence-electron chi connectivity index (χ3n) is 1.23. The summed E-state index contributed by atoms with van der Waals surface area (Å²) < 4.78 is 0. The van der Waals surface area contributed by atoms with Crippen LogP contribution in [0.1, 0.15) is 13.8 Å². The topological polar surface area (TPSA) is 53.2 Å². The number of amides is 1. The summed E-state index contributed by atoms with van der Waals surface area (Å²) in [5.41, 5.74) is 5.04. The van der Waals surface area contributed by atoms with Crippen LogP contribution in [0.5, 0.6) is 0 Å². The molecule has 74 valence electrons. The minimum atomic E-state index is -0.0947. The zero-order valence-corrected chi connectivity index (χ0v) is 8.70. The Bertz CT molecular complexity index is 204. The molecule has 0 rings (SSSR count). The molecule has 3 N–H and O–H groups in total. The van der Waals surface area contributed by atoms with Crippen molar-refractivity contribution in [1.82, 2.24) is 16.2 Å². The van der Waals surface area contributed by atoms with E-state index >= 15 is 0 Å². The predicted octanol–water partition coefficient (Wildman–Crippen LogP) is 0.324. The lowest BCUT2D eigenvalue weighted by atomic mass is 10.2. The van der Waals surface area contributed by atoms with Gasteiger partial charge in [-0.2, -0.15) is 0 Å². The Kier molecular flexibility index (Phi) is 5.88. The third-order valence-corrected chi connectivity index (χ3v) is 1.48. The fourth-order valence-electron chi connectivity index (χ4n) is 0.472. The molecule has 0 aromatic rings. The van der Waals surface area contributed by atoms with Crippen molar-refractivity contribution < 1.29 is 4.79 Å². The molecule has 4 nitrogen and oxygen atoms in total. The van der Waals surface area contributed by atoms with Gasteiger partial charge < -0.3 is 5.32 Å². The number of carbonyl (C=O) groups excluding carboxylic acids is 1. The van der Waals surface area contributed by atoms with E-state index in [0.717, 1.165) is 0 Å². The van der Waals surface area contributed by atoms with E-state index in [1.54, 1.807) is 19.9 Å². The van der Waals surface area contributed by atoms with E-state index in [9.17, 15) is 4.79 Å². The molecule has 5 heteroatoms. The summed E-state index contributed by atoms with van der Waals surface area (Å²) >= 11 is 4.84. The van der Waals surface area contributed by atoms with Crippen LogP contribution in [-0.2, 0) is 4.79 Å². The van der Waals surface area contributed by atoms with Crippen molar-refractivity contribution in [2.75, 3.05) is 6.54 Å². The van der Waals surface area contributed by atoms with Crippen LogP contribution >= 0.6 is 12.2 Å². The van der Waals surface area contributed by atoms with E-state index in [-0.39, 0.29) is 11.8 Å². The first-order chi connectivity index (χ1) is 6.07. The highest BCUT2D eigenvalue weighted by molar-refractivity contribution is 7.80. The molecule has 1 amide bonds. The van der Waals surface area contributed by atoms with Crippen molar-refractivity contribution in [1.29, 1.82) is 0 Å². The second-order valence-electron chi connectivity index (χ2n) is 2.77. The highest BCUT2D eigenvalue weighted by atomic mass is 32.1. The lowest BCUT2D eigenvalue weighted by molar-refractivity contribution is -0.124. The predicted molar refractivity (Wildman–Crippen MR) is 56.9 cm³/mol. The van der Waals surface area contributed by atoms with Crippen molar-refractivity contribution in [3.05, 3.63) is 12.7 Å². The highest BCUT2D eigenvalue weighted by Crippen LogP contribution is 1.87. The largest absolute Gasteiger partial charge is 0.358 e. The molecule has 0 aromatic heterocycles. The van der Waals surface area contributed by atoms with Gasteiger partial charge in [0.25, 0.3) is 0 Å². The van der Waals surface area contributed by atoms with E-state index in [2.05, 4.69) is 22.7 Å². The van der Waals surface area contributed by atoms with Crippen LogP contribution in [0.3, 0.4) is 0 Å². The molecule has 0 aliphatic heterocycles. The minimum Gasteiger partial charge on any atom is -0.358 e. The van der Waals surface area contributed by atoms with Gasteiger partial charge in [0.15, 0.2) is 5.11 Å². The Morgan fingerprint density at radius 1 is 1.54 bits per heavy atom. The molecular formula is C8H15N3OS. The first kappa shape index (κ1) is 11.9. The van der Waals surface area contributed by atoms with Gasteiger partial charge in [-0.05, 0) is 12.2 Å². The molecule has 0 aliphatic carbocycles. The molecule has 0 unspecified atom stereocenters. The molecule has 0 bridgehead atoms. The Hall–Kier alpha value is -1.10. The van der Waals surface area contributed by atoms with E-state index in [1.165, 1.54) is 0 Å². The second-order valence-corrected chi connectivity index (χ2v) is 3.18. The van der Waals surface area contributed by atoms with Crippen LogP contribution in [0.2, 0.25) is 0 Å². The number of carbonyl (C=O) groups is 1. The lowest BCUT2D eigenvalue weighted by Crippen LogP contribution is -2.48. The molecule has 0 aliphatic rings. The fourth-order valence-corrected chi connectivity index (χ4v) is 0.606. The van der Waals surface area contributed by atoms with Crippen LogP contribution in [-0.4, -0.2) is 17.6 Å². The molecule has 13 heavy (non-hydrogen) atoms. The van der Waals surface area contributed by atoms with Gasteiger partial charge in [0, 0.05) is 12.5 Å². The fraction of sp³-hybridized carbons (Fsp3) is 0.500. The lowest BCUT2D eigenvalue weighted by Gasteiger charge is -2.11. The number of rotatable bonds is 3. The zero-order valence-electron chi connectivity index (χ0n) is 7.89. The monoisotopic (exact) mass is 201 g/mol. The number of hydrazine groups is 1. The maximum atomic E-state index is 11.0. The van der Waals surface area contributed by atoms with Gasteiger partial charge in [-0.1, -0.05) is 19.9 Å². The van der Waals surface area contributed by atoms with Gasteiger partial charge in [0.1, 0.15) is 0 Å². The number of hydrogen-bond donors (Lipinski definition) is 3. The van der Waals surface area contributed by atoms with Crippen molar-refractivity contribution in [2.24, 2.45) is 5.92 Å². The van der Waals surface area contributed by atoms with E-state index < -0.39 is 0 Å². The highest BCUT2D eigenvalue weighted by Gasteiger charge is 2.05. The summed E-state index contributed by atoms with van der Waals surface area (Å²) in [5.74, 6) is -0.155. The van der Waals surface area contributed by atoms with Crippen LogP contribution in [0, 0.1) is 5.92 Å². The number of thiocarbonyl (C=S) groups is 1. The van der Waals surface area contributed by atoms with Gasteiger partial charge in [-0.25, -0.2) is 0 Å². The molecule has 0 atom stereocenters. The van der Waals surface area contributed by atoms with Crippen LogP contribution in [0.4, 0.5) is 0 Å². The molecule has 0 saturated carbocycles. The Morgan fingerprint density at radius 2 is 2.15 bits per heavy atom. The Balaban J connectivity index is 3.57. The quantitative estimate of drug-likeness (QED) is 0.350. The zero-order chi connectivity index (χ0) is 10.3. The summed E-state index contributed by atoms with van der Waals surface area (Å²) in [7, 11) is 0. The van der Waals surface area contributed by atoms with E-state index in [1.807, 2.05) is 0 Å². The maximum Gasteiger partial charge on any atom is 0.240 e.